The fraction of sp³-hybridized carbons (Fsp3) is 0.412. The molecular formula is C17H21N3O4S. The number of carbonyl (C=O) groups is 1. The molecular weight excluding hydrogens is 342 g/mol. The molecule has 0 aliphatic carbocycles. The van der Waals surface area contributed by atoms with Crippen molar-refractivity contribution in [1.82, 2.24) is 9.46 Å². The maximum atomic E-state index is 13.3. The molecule has 2 aromatic rings. The van der Waals surface area contributed by atoms with Gasteiger partial charge in [0.05, 0.1) is 17.4 Å². The molecule has 1 atom stereocenters. The van der Waals surface area contributed by atoms with Crippen LogP contribution >= 0.6 is 0 Å². The minimum Gasteiger partial charge on any atom is -0.359 e. The van der Waals surface area contributed by atoms with E-state index in [1.54, 1.807) is 31.2 Å². The number of nitrogens with one attached hydrogen (secondary N) is 1. The van der Waals surface area contributed by atoms with E-state index in [2.05, 4.69) is 10.5 Å². The van der Waals surface area contributed by atoms with Gasteiger partial charge >= 0.3 is 0 Å². The predicted octanol–water partition coefficient (Wildman–Crippen LogP) is 2.78. The minimum absolute atomic E-state index is 0.103. The first-order valence-corrected chi connectivity index (χ1v) is 9.56. The Kier molecular flexibility index (Phi) is 4.66. The van der Waals surface area contributed by atoms with Gasteiger partial charge in [-0.3, -0.25) is 4.79 Å². The molecule has 2 heterocycles. The number of sulfonamides is 1. The summed E-state index contributed by atoms with van der Waals surface area (Å²) in [4.78, 5) is 11.5. The number of amides is 1. The number of hydrogen-bond donors (Lipinski definition) is 1. The lowest BCUT2D eigenvalue weighted by Gasteiger charge is -2.23. The van der Waals surface area contributed by atoms with Crippen molar-refractivity contribution < 1.29 is 17.7 Å². The van der Waals surface area contributed by atoms with Crippen molar-refractivity contribution in [2.75, 3.05) is 11.9 Å². The van der Waals surface area contributed by atoms with Gasteiger partial charge in [-0.25, -0.2) is 8.42 Å². The molecule has 8 heteroatoms. The first-order chi connectivity index (χ1) is 11.8. The molecule has 7 nitrogen and oxygen atoms in total. The Balaban J connectivity index is 2.04. The van der Waals surface area contributed by atoms with Gasteiger partial charge in [0.15, 0.2) is 5.76 Å². The van der Waals surface area contributed by atoms with Gasteiger partial charge in [0.25, 0.3) is 0 Å². The van der Waals surface area contributed by atoms with E-state index in [0.29, 0.717) is 24.4 Å². The fourth-order valence-corrected chi connectivity index (χ4v) is 5.01. The molecule has 0 saturated carbocycles. The molecule has 134 valence electrons. The number of hydrogen-bond acceptors (Lipinski definition) is 5. The van der Waals surface area contributed by atoms with E-state index in [1.807, 2.05) is 6.92 Å². The van der Waals surface area contributed by atoms with Crippen molar-refractivity contribution in [2.45, 2.75) is 44.6 Å². The van der Waals surface area contributed by atoms with Crippen LogP contribution in [0, 0.1) is 13.8 Å². The zero-order valence-corrected chi connectivity index (χ0v) is 15.3. The van der Waals surface area contributed by atoms with Crippen LogP contribution < -0.4 is 5.32 Å². The average Bonchev–Trinajstić information content (AvgIpc) is 3.17. The summed E-state index contributed by atoms with van der Waals surface area (Å²) >= 11 is 0. The highest BCUT2D eigenvalue weighted by Gasteiger charge is 2.39. The average molecular weight is 363 g/mol. The normalized spacial score (nSPS) is 18.4. The van der Waals surface area contributed by atoms with E-state index in [1.165, 1.54) is 11.2 Å². The molecule has 25 heavy (non-hydrogen) atoms. The molecule has 1 N–H and O–H groups in total. The third kappa shape index (κ3) is 3.45. The van der Waals surface area contributed by atoms with Crippen molar-refractivity contribution in [3.05, 3.63) is 41.3 Å². The summed E-state index contributed by atoms with van der Waals surface area (Å²) in [6.45, 7) is 5.38. The van der Waals surface area contributed by atoms with E-state index < -0.39 is 10.0 Å². The number of carbonyl (C=O) groups excluding carboxylic acids is 1. The van der Waals surface area contributed by atoms with Gasteiger partial charge in [-0.1, -0.05) is 11.2 Å². The Morgan fingerprint density at radius 2 is 2.08 bits per heavy atom. The molecule has 1 fully saturated rings. The number of aromatic nitrogens is 1. The lowest BCUT2D eigenvalue weighted by molar-refractivity contribution is -0.114. The Morgan fingerprint density at radius 1 is 1.32 bits per heavy atom. The minimum atomic E-state index is -3.79. The Labute approximate surface area is 147 Å². The van der Waals surface area contributed by atoms with E-state index in [0.717, 1.165) is 12.0 Å². The molecule has 0 radical (unpaired) electrons. The molecule has 1 aliphatic rings. The van der Waals surface area contributed by atoms with Gasteiger partial charge < -0.3 is 9.84 Å². The van der Waals surface area contributed by atoms with Gasteiger partial charge in [-0.2, -0.15) is 4.31 Å². The van der Waals surface area contributed by atoms with Crippen LogP contribution in [0.3, 0.4) is 0 Å². The SMILES string of the molecule is CC(=O)Nc1ccc(C)cc1S(=O)(=O)N1CCC[C@H]1c1cc(C)no1. The van der Waals surface area contributed by atoms with E-state index in [9.17, 15) is 13.2 Å². The Morgan fingerprint density at radius 3 is 2.72 bits per heavy atom. The zero-order valence-electron chi connectivity index (χ0n) is 14.4. The van der Waals surface area contributed by atoms with Crippen molar-refractivity contribution in [3.8, 4) is 0 Å². The van der Waals surface area contributed by atoms with Crippen LogP contribution in [0.15, 0.2) is 33.7 Å². The summed E-state index contributed by atoms with van der Waals surface area (Å²) < 4.78 is 33.3. The number of benzene rings is 1. The largest absolute Gasteiger partial charge is 0.359 e. The molecule has 1 saturated heterocycles. The second kappa shape index (κ2) is 6.61. The van der Waals surface area contributed by atoms with Gasteiger partial charge in [0.2, 0.25) is 15.9 Å². The van der Waals surface area contributed by atoms with Gasteiger partial charge in [0, 0.05) is 19.5 Å². The molecule has 1 amide bonds. The topological polar surface area (TPSA) is 92.5 Å². The lowest BCUT2D eigenvalue weighted by atomic mass is 10.2. The van der Waals surface area contributed by atoms with Crippen LogP contribution in [0.2, 0.25) is 0 Å². The number of rotatable bonds is 4. The molecule has 1 aromatic heterocycles. The fourth-order valence-electron chi connectivity index (χ4n) is 3.11. The maximum Gasteiger partial charge on any atom is 0.245 e. The number of anilines is 1. The van der Waals surface area contributed by atoms with Gasteiger partial charge in [-0.15, -0.1) is 0 Å². The number of nitrogens with zero attached hydrogens (tertiary/aromatic N) is 2. The monoisotopic (exact) mass is 363 g/mol. The summed E-state index contributed by atoms with van der Waals surface area (Å²) in [5.41, 5.74) is 1.81. The molecule has 0 bridgehead atoms. The van der Waals surface area contributed by atoms with Crippen LogP contribution in [0.4, 0.5) is 5.69 Å². The van der Waals surface area contributed by atoms with Crippen molar-refractivity contribution in [3.63, 3.8) is 0 Å². The lowest BCUT2D eigenvalue weighted by Crippen LogP contribution is -2.31. The predicted molar refractivity (Wildman–Crippen MR) is 92.6 cm³/mol. The summed E-state index contributed by atoms with van der Waals surface area (Å²) in [5.74, 6) is 0.233. The van der Waals surface area contributed by atoms with E-state index >= 15 is 0 Å². The summed E-state index contributed by atoms with van der Waals surface area (Å²) in [5, 5.41) is 6.48. The molecule has 0 unspecified atom stereocenters. The van der Waals surface area contributed by atoms with Crippen LogP contribution in [0.5, 0.6) is 0 Å². The highest BCUT2D eigenvalue weighted by atomic mass is 32.2. The quantitative estimate of drug-likeness (QED) is 0.902. The van der Waals surface area contributed by atoms with Crippen molar-refractivity contribution in [1.29, 1.82) is 0 Å². The molecule has 1 aliphatic heterocycles. The molecule has 1 aromatic carbocycles. The third-order valence-electron chi connectivity index (χ3n) is 4.21. The number of aryl methyl sites for hydroxylation is 2. The van der Waals surface area contributed by atoms with Crippen LogP contribution in [0.25, 0.3) is 0 Å². The van der Waals surface area contributed by atoms with Crippen molar-refractivity contribution in [2.24, 2.45) is 0 Å². The molecule has 0 spiro atoms. The van der Waals surface area contributed by atoms with Crippen LogP contribution in [-0.2, 0) is 14.8 Å². The zero-order chi connectivity index (χ0) is 18.2. The Hall–Kier alpha value is -2.19. The molecule has 3 rings (SSSR count). The second-order valence-corrected chi connectivity index (χ2v) is 8.18. The maximum absolute atomic E-state index is 13.3. The summed E-state index contributed by atoms with van der Waals surface area (Å²) in [7, 11) is -3.79. The van der Waals surface area contributed by atoms with E-state index in [-0.39, 0.29) is 22.5 Å². The summed E-state index contributed by atoms with van der Waals surface area (Å²) in [6.07, 6.45) is 1.42. The second-order valence-electron chi connectivity index (χ2n) is 6.33. The summed E-state index contributed by atoms with van der Waals surface area (Å²) in [6, 6.07) is 6.36. The van der Waals surface area contributed by atoms with E-state index in [4.69, 9.17) is 4.52 Å². The Bertz CT molecular complexity index is 904. The van der Waals surface area contributed by atoms with Crippen LogP contribution in [0.1, 0.15) is 42.8 Å². The van der Waals surface area contributed by atoms with Gasteiger partial charge in [-0.05, 0) is 44.4 Å². The highest BCUT2D eigenvalue weighted by Crippen LogP contribution is 2.38. The van der Waals surface area contributed by atoms with Crippen LogP contribution in [-0.4, -0.2) is 30.3 Å². The smallest absolute Gasteiger partial charge is 0.245 e. The third-order valence-corrected chi connectivity index (χ3v) is 6.16. The first-order valence-electron chi connectivity index (χ1n) is 8.12. The highest BCUT2D eigenvalue weighted by molar-refractivity contribution is 7.89. The standard InChI is InChI=1S/C17H21N3O4S/c1-11-6-7-14(18-13(3)21)17(9-11)25(22,23)20-8-4-5-15(20)16-10-12(2)19-24-16/h6-7,9-10,15H,4-5,8H2,1-3H3,(H,18,21)/t15-/m0/s1. The van der Waals surface area contributed by atoms with Gasteiger partial charge in [0.1, 0.15) is 4.90 Å². The first kappa shape index (κ1) is 17.6. The van der Waals surface area contributed by atoms with Crippen molar-refractivity contribution >= 4 is 21.6 Å².